The van der Waals surface area contributed by atoms with Crippen LogP contribution in [-0.2, 0) is 6.42 Å². The number of likely N-dealkylation sites (N-methyl/N-ethyl adjacent to an activating group) is 1. The molecule has 94 valence electrons. The van der Waals surface area contributed by atoms with Crippen molar-refractivity contribution >= 4 is 11.8 Å². The van der Waals surface area contributed by atoms with E-state index in [9.17, 15) is 9.50 Å². The quantitative estimate of drug-likeness (QED) is 0.847. The number of alkyl halides is 1. The summed E-state index contributed by atoms with van der Waals surface area (Å²) in [4.78, 5) is 1.26. The normalized spacial score (nSPS) is 17.8. The van der Waals surface area contributed by atoms with Crippen LogP contribution in [-0.4, -0.2) is 30.6 Å². The second kappa shape index (κ2) is 5.85. The van der Waals surface area contributed by atoms with Crippen LogP contribution in [0, 0.1) is 0 Å². The van der Waals surface area contributed by atoms with E-state index >= 15 is 0 Å². The molecule has 2 N–H and O–H groups in total. The van der Waals surface area contributed by atoms with Gasteiger partial charge in [0, 0.05) is 16.7 Å². The van der Waals surface area contributed by atoms with Crippen LogP contribution in [0.3, 0.4) is 0 Å². The lowest BCUT2D eigenvalue weighted by molar-refractivity contribution is 0.123. The molecule has 2 nitrogen and oxygen atoms in total. The lowest BCUT2D eigenvalue weighted by atomic mass is 9.98. The molecule has 0 aromatic heterocycles. The average Bonchev–Trinajstić information content (AvgIpc) is 2.82. The first-order chi connectivity index (χ1) is 8.26. The van der Waals surface area contributed by atoms with Gasteiger partial charge in [-0.15, -0.1) is 11.8 Å². The number of aliphatic hydroxyl groups is 1. The maximum atomic E-state index is 12.4. The van der Waals surface area contributed by atoms with E-state index in [4.69, 9.17) is 0 Å². The fraction of sp³-hybridized carbons (Fsp3) is 0.538. The number of hydrogen-bond acceptors (Lipinski definition) is 3. The first-order valence-electron chi connectivity index (χ1n) is 5.93. The Labute approximate surface area is 106 Å². The number of thioether (sulfide) groups is 1. The van der Waals surface area contributed by atoms with E-state index in [1.54, 1.807) is 7.05 Å². The van der Waals surface area contributed by atoms with Crippen molar-refractivity contribution in [1.82, 2.24) is 5.32 Å². The molecule has 1 aromatic rings. The van der Waals surface area contributed by atoms with Gasteiger partial charge < -0.3 is 10.4 Å². The number of benzene rings is 1. The fourth-order valence-electron chi connectivity index (χ4n) is 2.18. The Balaban J connectivity index is 2.15. The number of rotatable bonds is 5. The third kappa shape index (κ3) is 2.81. The summed E-state index contributed by atoms with van der Waals surface area (Å²) >= 11 is 1.83. The number of hydrogen-bond donors (Lipinski definition) is 2. The molecule has 0 spiro atoms. The number of fused-ring (bicyclic) bond motifs is 1. The summed E-state index contributed by atoms with van der Waals surface area (Å²) in [6.45, 7) is -0.414. The van der Waals surface area contributed by atoms with Crippen LogP contribution in [0.25, 0.3) is 0 Å². The number of nitrogens with one attached hydrogen (secondary N) is 1. The van der Waals surface area contributed by atoms with Gasteiger partial charge in [-0.25, -0.2) is 0 Å². The minimum absolute atomic E-state index is 0.218. The lowest BCUT2D eigenvalue weighted by Gasteiger charge is -2.22. The number of aliphatic hydroxyl groups excluding tert-OH is 1. The third-order valence-electron chi connectivity index (χ3n) is 3.23. The standard InChI is InChI=1S/C13H18FNOS/c1-15-11(4-6-14)13(16)10-3-2-9-5-7-17-12(9)8-10/h2-3,8,11,13,15-16H,4-7H2,1H3. The maximum absolute atomic E-state index is 12.4. The smallest absolute Gasteiger partial charge is 0.0944 e. The highest BCUT2D eigenvalue weighted by Crippen LogP contribution is 2.33. The summed E-state index contributed by atoms with van der Waals surface area (Å²) in [7, 11) is 1.76. The van der Waals surface area contributed by atoms with Crippen molar-refractivity contribution in [3.05, 3.63) is 29.3 Å². The first kappa shape index (κ1) is 12.9. The average molecular weight is 255 g/mol. The van der Waals surface area contributed by atoms with Crippen LogP contribution in [0.2, 0.25) is 0 Å². The zero-order valence-electron chi connectivity index (χ0n) is 9.95. The van der Waals surface area contributed by atoms with E-state index < -0.39 is 12.8 Å². The van der Waals surface area contributed by atoms with Crippen molar-refractivity contribution in [2.75, 3.05) is 19.5 Å². The van der Waals surface area contributed by atoms with Crippen molar-refractivity contribution in [2.24, 2.45) is 0 Å². The molecule has 2 unspecified atom stereocenters. The van der Waals surface area contributed by atoms with Gasteiger partial charge in [0.25, 0.3) is 0 Å². The minimum atomic E-state index is -0.637. The fourth-order valence-corrected chi connectivity index (χ4v) is 3.29. The summed E-state index contributed by atoms with van der Waals surface area (Å²) in [5, 5.41) is 13.2. The highest BCUT2D eigenvalue weighted by molar-refractivity contribution is 7.99. The molecule has 0 bridgehead atoms. The molecule has 2 rings (SSSR count). The molecule has 0 saturated heterocycles. The predicted molar refractivity (Wildman–Crippen MR) is 69.3 cm³/mol. The van der Waals surface area contributed by atoms with Crippen molar-refractivity contribution in [2.45, 2.75) is 29.9 Å². The molecule has 2 atom stereocenters. The van der Waals surface area contributed by atoms with Crippen molar-refractivity contribution < 1.29 is 9.50 Å². The molecule has 1 aliphatic heterocycles. The van der Waals surface area contributed by atoms with Gasteiger partial charge in [0.15, 0.2) is 0 Å². The number of aryl methyl sites for hydroxylation is 1. The summed E-state index contributed by atoms with van der Waals surface area (Å²) in [6.07, 6.45) is 0.806. The summed E-state index contributed by atoms with van der Waals surface area (Å²) in [6, 6.07) is 5.86. The monoisotopic (exact) mass is 255 g/mol. The van der Waals surface area contributed by atoms with E-state index in [0.717, 1.165) is 17.7 Å². The van der Waals surface area contributed by atoms with Gasteiger partial charge in [-0.1, -0.05) is 12.1 Å². The van der Waals surface area contributed by atoms with Gasteiger partial charge in [0.05, 0.1) is 12.8 Å². The SMILES string of the molecule is CNC(CCF)C(O)c1ccc2c(c1)SCC2. The van der Waals surface area contributed by atoms with E-state index in [1.807, 2.05) is 23.9 Å². The van der Waals surface area contributed by atoms with Crippen LogP contribution >= 0.6 is 11.8 Å². The second-order valence-corrected chi connectivity index (χ2v) is 5.42. The van der Waals surface area contributed by atoms with Crippen molar-refractivity contribution in [3.63, 3.8) is 0 Å². The van der Waals surface area contributed by atoms with Crippen LogP contribution in [0.4, 0.5) is 4.39 Å². The van der Waals surface area contributed by atoms with Gasteiger partial charge in [0.2, 0.25) is 0 Å². The molecule has 4 heteroatoms. The van der Waals surface area contributed by atoms with E-state index in [-0.39, 0.29) is 6.04 Å². The largest absolute Gasteiger partial charge is 0.387 e. The van der Waals surface area contributed by atoms with Crippen molar-refractivity contribution in [3.8, 4) is 0 Å². The first-order valence-corrected chi connectivity index (χ1v) is 6.91. The second-order valence-electron chi connectivity index (χ2n) is 4.28. The van der Waals surface area contributed by atoms with Crippen LogP contribution in [0.15, 0.2) is 23.1 Å². The van der Waals surface area contributed by atoms with Gasteiger partial charge in [-0.3, -0.25) is 4.39 Å². The predicted octanol–water partition coefficient (Wildman–Crippen LogP) is 2.32. The van der Waals surface area contributed by atoms with Crippen LogP contribution in [0.5, 0.6) is 0 Å². The molecule has 0 aliphatic carbocycles. The summed E-state index contributed by atoms with van der Waals surface area (Å²) in [5.74, 6) is 1.12. The Kier molecular flexibility index (Phi) is 4.42. The molecule has 17 heavy (non-hydrogen) atoms. The molecule has 1 aliphatic rings. The number of halogens is 1. The Hall–Kier alpha value is -0.580. The van der Waals surface area contributed by atoms with E-state index in [2.05, 4.69) is 11.4 Å². The molecular weight excluding hydrogens is 237 g/mol. The summed E-state index contributed by atoms with van der Waals surface area (Å²) < 4.78 is 12.4. The Morgan fingerprint density at radius 3 is 3.06 bits per heavy atom. The molecule has 1 heterocycles. The topological polar surface area (TPSA) is 32.3 Å². The zero-order chi connectivity index (χ0) is 12.3. The summed E-state index contributed by atoms with van der Waals surface area (Å²) in [5.41, 5.74) is 2.24. The van der Waals surface area contributed by atoms with Gasteiger partial charge >= 0.3 is 0 Å². The lowest BCUT2D eigenvalue weighted by Crippen LogP contribution is -2.32. The minimum Gasteiger partial charge on any atom is -0.387 e. The molecule has 0 fully saturated rings. The maximum Gasteiger partial charge on any atom is 0.0944 e. The Morgan fingerprint density at radius 2 is 2.35 bits per heavy atom. The van der Waals surface area contributed by atoms with Gasteiger partial charge in [-0.05, 0) is 37.1 Å². The molecule has 0 radical (unpaired) electrons. The van der Waals surface area contributed by atoms with E-state index in [1.165, 1.54) is 10.5 Å². The molecule has 0 amide bonds. The Bertz CT molecular complexity index is 386. The highest BCUT2D eigenvalue weighted by Gasteiger charge is 2.21. The van der Waals surface area contributed by atoms with Crippen LogP contribution in [0.1, 0.15) is 23.7 Å². The Morgan fingerprint density at radius 1 is 1.53 bits per heavy atom. The van der Waals surface area contributed by atoms with Gasteiger partial charge in [0.1, 0.15) is 0 Å². The van der Waals surface area contributed by atoms with Crippen LogP contribution < -0.4 is 5.32 Å². The molecule has 0 saturated carbocycles. The highest BCUT2D eigenvalue weighted by atomic mass is 32.2. The van der Waals surface area contributed by atoms with Crippen molar-refractivity contribution in [1.29, 1.82) is 0 Å². The van der Waals surface area contributed by atoms with Gasteiger partial charge in [-0.2, -0.15) is 0 Å². The van der Waals surface area contributed by atoms with E-state index in [0.29, 0.717) is 6.42 Å². The molecule has 1 aromatic carbocycles. The molecular formula is C13H18FNOS. The third-order valence-corrected chi connectivity index (χ3v) is 4.33. The zero-order valence-corrected chi connectivity index (χ0v) is 10.8.